The van der Waals surface area contributed by atoms with Crippen molar-refractivity contribution in [1.29, 1.82) is 0 Å². The number of amides is 1. The van der Waals surface area contributed by atoms with Crippen LogP contribution in [-0.2, 0) is 14.3 Å². The van der Waals surface area contributed by atoms with Crippen LogP contribution >= 0.6 is 11.3 Å². The molecule has 0 fully saturated rings. The predicted octanol–water partition coefficient (Wildman–Crippen LogP) is 3.76. The molecular formula is C23H25N3O5S. The van der Waals surface area contributed by atoms with Gasteiger partial charge in [-0.25, -0.2) is 9.97 Å². The van der Waals surface area contributed by atoms with Crippen LogP contribution in [0.4, 0.5) is 0 Å². The Balaban J connectivity index is 1.96. The van der Waals surface area contributed by atoms with E-state index in [0.717, 1.165) is 32.3 Å². The summed E-state index contributed by atoms with van der Waals surface area (Å²) in [6.07, 6.45) is 1.63. The molecule has 1 N–H and O–H groups in total. The summed E-state index contributed by atoms with van der Waals surface area (Å²) in [6, 6.07) is 9.93. The topological polar surface area (TPSA) is 99.6 Å². The number of ether oxygens (including phenoxy) is 3. The first kappa shape index (κ1) is 23.4. The fourth-order valence-electron chi connectivity index (χ4n) is 3.07. The number of esters is 1. The Morgan fingerprint density at radius 1 is 1.16 bits per heavy atom. The Hall–Kier alpha value is -3.30. The van der Waals surface area contributed by atoms with Gasteiger partial charge in [-0.15, -0.1) is 11.3 Å². The lowest BCUT2D eigenvalue weighted by Gasteiger charge is -2.15. The molecule has 0 bridgehead atoms. The van der Waals surface area contributed by atoms with Crippen molar-refractivity contribution in [3.63, 3.8) is 0 Å². The Kier molecular flexibility index (Phi) is 7.91. The monoisotopic (exact) mass is 455 g/mol. The smallest absolute Gasteiger partial charge is 0.325 e. The van der Waals surface area contributed by atoms with Crippen LogP contribution in [0.3, 0.4) is 0 Å². The van der Waals surface area contributed by atoms with E-state index in [9.17, 15) is 9.59 Å². The molecule has 9 heteroatoms. The van der Waals surface area contributed by atoms with E-state index < -0.39 is 11.9 Å². The van der Waals surface area contributed by atoms with Gasteiger partial charge in [0.1, 0.15) is 11.6 Å². The summed E-state index contributed by atoms with van der Waals surface area (Å²) in [5.41, 5.74) is 3.50. The van der Waals surface area contributed by atoms with Crippen molar-refractivity contribution < 1.29 is 23.8 Å². The lowest BCUT2D eigenvalue weighted by atomic mass is 10.1. The first-order valence-electron chi connectivity index (χ1n) is 10.0. The van der Waals surface area contributed by atoms with Crippen LogP contribution in [0, 0.1) is 13.8 Å². The number of hydrogen-bond acceptors (Lipinski definition) is 8. The van der Waals surface area contributed by atoms with Gasteiger partial charge in [-0.05, 0) is 20.8 Å². The maximum atomic E-state index is 12.7. The molecule has 2 aromatic heterocycles. The minimum absolute atomic E-state index is 0.0545. The highest BCUT2D eigenvalue weighted by Gasteiger charge is 2.23. The summed E-state index contributed by atoms with van der Waals surface area (Å²) < 4.78 is 15.6. The number of carbonyl (C=O) groups excluding carboxylic acids is 2. The number of thiazole rings is 1. The molecule has 1 aromatic carbocycles. The van der Waals surface area contributed by atoms with Crippen LogP contribution in [-0.4, -0.2) is 48.9 Å². The number of methoxy groups -OCH3 is 1. The molecule has 3 rings (SSSR count). The fourth-order valence-corrected chi connectivity index (χ4v) is 4.21. The zero-order valence-corrected chi connectivity index (χ0v) is 19.2. The molecule has 0 aliphatic carbocycles. The van der Waals surface area contributed by atoms with Gasteiger partial charge < -0.3 is 19.5 Å². The minimum Gasteiger partial charge on any atom is -0.465 e. The van der Waals surface area contributed by atoms with E-state index >= 15 is 0 Å². The fraction of sp³-hybridized carbons (Fsp3) is 0.304. The van der Waals surface area contributed by atoms with Gasteiger partial charge in [-0.3, -0.25) is 9.59 Å². The van der Waals surface area contributed by atoms with Gasteiger partial charge in [0.15, 0.2) is 18.2 Å². The van der Waals surface area contributed by atoms with Crippen LogP contribution in [0.15, 0.2) is 36.5 Å². The van der Waals surface area contributed by atoms with Crippen molar-refractivity contribution in [3.8, 4) is 26.8 Å². The van der Waals surface area contributed by atoms with Gasteiger partial charge in [0, 0.05) is 30.0 Å². The third-order valence-electron chi connectivity index (χ3n) is 4.58. The SMILES string of the molecule is CCOC(=O)CNC(=O)c1ncc(-c2sc(-c3ccccc3)nc2C)c(C)c1OCOC. The molecular weight excluding hydrogens is 430 g/mol. The van der Waals surface area contributed by atoms with E-state index in [1.165, 1.54) is 7.11 Å². The number of benzene rings is 1. The van der Waals surface area contributed by atoms with Crippen molar-refractivity contribution in [1.82, 2.24) is 15.3 Å². The van der Waals surface area contributed by atoms with Crippen LogP contribution < -0.4 is 10.1 Å². The first-order valence-corrected chi connectivity index (χ1v) is 10.9. The highest BCUT2D eigenvalue weighted by molar-refractivity contribution is 7.18. The maximum Gasteiger partial charge on any atom is 0.325 e. The summed E-state index contributed by atoms with van der Waals surface area (Å²) in [5, 5.41) is 3.41. The van der Waals surface area contributed by atoms with Gasteiger partial charge in [0.2, 0.25) is 0 Å². The van der Waals surface area contributed by atoms with Gasteiger partial charge in [0.25, 0.3) is 5.91 Å². The molecule has 168 valence electrons. The summed E-state index contributed by atoms with van der Waals surface area (Å²) in [5.74, 6) is -0.771. The lowest BCUT2D eigenvalue weighted by Crippen LogP contribution is -2.31. The molecule has 8 nitrogen and oxygen atoms in total. The molecule has 1 amide bonds. The summed E-state index contributed by atoms with van der Waals surface area (Å²) in [6.45, 7) is 5.42. The van der Waals surface area contributed by atoms with E-state index in [-0.39, 0.29) is 25.6 Å². The number of rotatable bonds is 9. The standard InChI is InChI=1S/C23H25N3O5S/c1-5-30-18(27)12-25-22(28)19-20(31-13-29-4)14(2)17(11-24-19)21-15(3)26-23(32-21)16-9-7-6-8-10-16/h6-11H,5,12-13H2,1-4H3,(H,25,28). The number of pyridine rings is 1. The molecule has 0 atom stereocenters. The Labute approximate surface area is 190 Å². The van der Waals surface area contributed by atoms with Gasteiger partial charge >= 0.3 is 5.97 Å². The van der Waals surface area contributed by atoms with Crippen molar-refractivity contribution in [2.75, 3.05) is 27.1 Å². The van der Waals surface area contributed by atoms with E-state index in [4.69, 9.17) is 19.2 Å². The molecule has 2 heterocycles. The normalized spacial score (nSPS) is 10.6. The third kappa shape index (κ3) is 5.30. The third-order valence-corrected chi connectivity index (χ3v) is 5.82. The van der Waals surface area contributed by atoms with Crippen LogP contribution in [0.2, 0.25) is 0 Å². The molecule has 0 aliphatic heterocycles. The van der Waals surface area contributed by atoms with Gasteiger partial charge in [-0.1, -0.05) is 30.3 Å². The summed E-state index contributed by atoms with van der Waals surface area (Å²) in [7, 11) is 1.49. The predicted molar refractivity (Wildman–Crippen MR) is 122 cm³/mol. The Morgan fingerprint density at radius 2 is 1.91 bits per heavy atom. The second kappa shape index (κ2) is 10.8. The van der Waals surface area contributed by atoms with Gasteiger partial charge in [0.05, 0.1) is 17.2 Å². The molecule has 0 saturated heterocycles. The van der Waals surface area contributed by atoms with Crippen molar-refractivity contribution >= 4 is 23.2 Å². The number of aromatic nitrogens is 2. The Bertz CT molecular complexity index is 1100. The number of carbonyl (C=O) groups is 2. The molecule has 3 aromatic rings. The van der Waals surface area contributed by atoms with E-state index in [1.54, 1.807) is 24.5 Å². The summed E-state index contributed by atoms with van der Waals surface area (Å²) >= 11 is 1.55. The molecule has 0 radical (unpaired) electrons. The van der Waals surface area contributed by atoms with Crippen molar-refractivity contribution in [3.05, 3.63) is 53.5 Å². The highest BCUT2D eigenvalue weighted by atomic mass is 32.1. The second-order valence-electron chi connectivity index (χ2n) is 6.81. The highest BCUT2D eigenvalue weighted by Crippen LogP contribution is 2.39. The molecule has 0 spiro atoms. The minimum atomic E-state index is -0.537. The Morgan fingerprint density at radius 3 is 2.59 bits per heavy atom. The summed E-state index contributed by atoms with van der Waals surface area (Å²) in [4.78, 5) is 34.3. The molecule has 32 heavy (non-hydrogen) atoms. The zero-order valence-electron chi connectivity index (χ0n) is 18.4. The number of nitrogens with zero attached hydrogens (tertiary/aromatic N) is 2. The zero-order chi connectivity index (χ0) is 23.1. The lowest BCUT2D eigenvalue weighted by molar-refractivity contribution is -0.141. The average molecular weight is 456 g/mol. The molecule has 0 saturated carbocycles. The maximum absolute atomic E-state index is 12.7. The van der Waals surface area contributed by atoms with E-state index in [0.29, 0.717) is 5.75 Å². The number of aryl methyl sites for hydroxylation is 1. The van der Waals surface area contributed by atoms with E-state index in [1.807, 2.05) is 44.2 Å². The molecule has 0 unspecified atom stereocenters. The van der Waals surface area contributed by atoms with Crippen LogP contribution in [0.25, 0.3) is 21.0 Å². The largest absolute Gasteiger partial charge is 0.465 e. The quantitative estimate of drug-likeness (QED) is 0.387. The van der Waals surface area contributed by atoms with Crippen LogP contribution in [0.1, 0.15) is 28.7 Å². The van der Waals surface area contributed by atoms with E-state index in [2.05, 4.69) is 10.3 Å². The number of hydrogen-bond donors (Lipinski definition) is 1. The first-order chi connectivity index (χ1) is 15.5. The molecule has 0 aliphatic rings. The average Bonchev–Trinajstić information content (AvgIpc) is 3.18. The second-order valence-corrected chi connectivity index (χ2v) is 7.81. The van der Waals surface area contributed by atoms with Gasteiger partial charge in [-0.2, -0.15) is 0 Å². The van der Waals surface area contributed by atoms with Crippen LogP contribution in [0.5, 0.6) is 5.75 Å². The van der Waals surface area contributed by atoms with Crippen molar-refractivity contribution in [2.45, 2.75) is 20.8 Å². The van der Waals surface area contributed by atoms with Crippen molar-refractivity contribution in [2.24, 2.45) is 0 Å². The number of nitrogens with one attached hydrogen (secondary N) is 1.